The van der Waals surface area contributed by atoms with Gasteiger partial charge in [-0.15, -0.1) is 0 Å². The lowest BCUT2D eigenvalue weighted by molar-refractivity contribution is 0.0900. The summed E-state index contributed by atoms with van der Waals surface area (Å²) < 4.78 is 0. The fourth-order valence-corrected chi connectivity index (χ4v) is 2.77. The van der Waals surface area contributed by atoms with E-state index >= 15 is 0 Å². The first-order valence-corrected chi connectivity index (χ1v) is 7.13. The zero-order chi connectivity index (χ0) is 12.0. The third-order valence-electron chi connectivity index (χ3n) is 3.90. The molecule has 0 bridgehead atoms. The molecule has 1 saturated heterocycles. The second-order valence-corrected chi connectivity index (χ2v) is 5.58. The van der Waals surface area contributed by atoms with Gasteiger partial charge < -0.3 is 5.32 Å². The van der Waals surface area contributed by atoms with E-state index in [2.05, 4.69) is 37.9 Å². The minimum absolute atomic E-state index is 0.684. The molecule has 1 rings (SSSR count). The number of hydrogen-bond acceptors (Lipinski definition) is 2. The summed E-state index contributed by atoms with van der Waals surface area (Å²) in [6, 6.07) is 1.44. The number of unbranched alkanes of at least 4 members (excludes halogenated alkanes) is 2. The van der Waals surface area contributed by atoms with E-state index in [-0.39, 0.29) is 0 Å². The van der Waals surface area contributed by atoms with E-state index in [0.717, 1.165) is 12.0 Å². The first-order valence-electron chi connectivity index (χ1n) is 7.13. The lowest BCUT2D eigenvalue weighted by Gasteiger charge is -2.41. The first-order chi connectivity index (χ1) is 7.66. The Labute approximate surface area is 102 Å². The molecule has 0 spiro atoms. The summed E-state index contributed by atoms with van der Waals surface area (Å²) in [5.74, 6) is 0.852. The van der Waals surface area contributed by atoms with Crippen molar-refractivity contribution in [3.63, 3.8) is 0 Å². The number of nitrogens with one attached hydrogen (secondary N) is 1. The average Bonchev–Trinajstić information content (AvgIpc) is 2.25. The Morgan fingerprint density at radius 1 is 1.31 bits per heavy atom. The van der Waals surface area contributed by atoms with Crippen molar-refractivity contribution in [1.29, 1.82) is 0 Å². The van der Waals surface area contributed by atoms with Gasteiger partial charge in [0.15, 0.2) is 0 Å². The molecule has 1 aliphatic rings. The van der Waals surface area contributed by atoms with E-state index in [4.69, 9.17) is 0 Å². The summed E-state index contributed by atoms with van der Waals surface area (Å²) in [6.45, 7) is 13.1. The summed E-state index contributed by atoms with van der Waals surface area (Å²) in [5, 5.41) is 3.55. The molecule has 1 fully saturated rings. The van der Waals surface area contributed by atoms with E-state index in [9.17, 15) is 0 Å². The summed E-state index contributed by atoms with van der Waals surface area (Å²) >= 11 is 0. The summed E-state index contributed by atoms with van der Waals surface area (Å²) in [4.78, 5) is 2.71. The van der Waals surface area contributed by atoms with Crippen molar-refractivity contribution in [2.24, 2.45) is 5.92 Å². The molecule has 2 nitrogen and oxygen atoms in total. The molecule has 16 heavy (non-hydrogen) atoms. The molecule has 0 radical (unpaired) electrons. The molecule has 0 amide bonds. The third kappa shape index (κ3) is 4.06. The third-order valence-corrected chi connectivity index (χ3v) is 3.90. The second kappa shape index (κ2) is 7.29. The Morgan fingerprint density at radius 2 is 2.06 bits per heavy atom. The first kappa shape index (κ1) is 14.0. The Balaban J connectivity index is 2.47. The standard InChI is InChI=1S/C14H30N2/c1-5-6-7-10-16(12(2)3)14-11-15-9-8-13(14)4/h12-15H,5-11H2,1-4H3. The normalized spacial score (nSPS) is 26.6. The van der Waals surface area contributed by atoms with Crippen molar-refractivity contribution in [2.45, 2.75) is 65.5 Å². The predicted octanol–water partition coefficient (Wildman–Crippen LogP) is 2.89. The highest BCUT2D eigenvalue weighted by molar-refractivity contribution is 4.85. The second-order valence-electron chi connectivity index (χ2n) is 5.58. The molecule has 1 heterocycles. The van der Waals surface area contributed by atoms with Crippen molar-refractivity contribution in [2.75, 3.05) is 19.6 Å². The molecule has 2 heteroatoms. The zero-order valence-electron chi connectivity index (χ0n) is 11.6. The van der Waals surface area contributed by atoms with E-state index in [1.54, 1.807) is 0 Å². The van der Waals surface area contributed by atoms with Crippen molar-refractivity contribution in [3.05, 3.63) is 0 Å². The molecule has 0 aromatic heterocycles. The monoisotopic (exact) mass is 226 g/mol. The Morgan fingerprint density at radius 3 is 2.62 bits per heavy atom. The summed E-state index contributed by atoms with van der Waals surface area (Å²) in [6.07, 6.45) is 5.39. The molecule has 0 aliphatic carbocycles. The van der Waals surface area contributed by atoms with Gasteiger partial charge in [-0.1, -0.05) is 26.7 Å². The van der Waals surface area contributed by atoms with Gasteiger partial charge >= 0.3 is 0 Å². The van der Waals surface area contributed by atoms with Gasteiger partial charge in [0.25, 0.3) is 0 Å². The quantitative estimate of drug-likeness (QED) is 0.701. The number of piperidine rings is 1. The maximum Gasteiger partial charge on any atom is 0.0249 e. The highest BCUT2D eigenvalue weighted by Gasteiger charge is 2.27. The SMILES string of the molecule is CCCCCN(C(C)C)C1CNCCC1C. The topological polar surface area (TPSA) is 15.3 Å². The van der Waals surface area contributed by atoms with Gasteiger partial charge in [-0.25, -0.2) is 0 Å². The average molecular weight is 226 g/mol. The van der Waals surface area contributed by atoms with Crippen LogP contribution in [0.25, 0.3) is 0 Å². The minimum atomic E-state index is 0.684. The van der Waals surface area contributed by atoms with Crippen molar-refractivity contribution in [3.8, 4) is 0 Å². The van der Waals surface area contributed by atoms with Crippen LogP contribution < -0.4 is 5.32 Å². The minimum Gasteiger partial charge on any atom is -0.315 e. The molecule has 0 aromatic rings. The number of hydrogen-bond donors (Lipinski definition) is 1. The van der Waals surface area contributed by atoms with Crippen LogP contribution in [0.15, 0.2) is 0 Å². The Kier molecular flexibility index (Phi) is 6.37. The Hall–Kier alpha value is -0.0800. The lowest BCUT2D eigenvalue weighted by Crippen LogP contribution is -2.53. The van der Waals surface area contributed by atoms with Crippen LogP contribution in [0.2, 0.25) is 0 Å². The van der Waals surface area contributed by atoms with E-state index < -0.39 is 0 Å². The van der Waals surface area contributed by atoms with Crippen LogP contribution in [-0.2, 0) is 0 Å². The molecule has 96 valence electrons. The highest BCUT2D eigenvalue weighted by atomic mass is 15.2. The van der Waals surface area contributed by atoms with Gasteiger partial charge in [0, 0.05) is 18.6 Å². The van der Waals surface area contributed by atoms with Crippen LogP contribution in [0.3, 0.4) is 0 Å². The van der Waals surface area contributed by atoms with Crippen LogP contribution in [0, 0.1) is 5.92 Å². The lowest BCUT2D eigenvalue weighted by atomic mass is 9.92. The van der Waals surface area contributed by atoms with Crippen LogP contribution in [0.1, 0.15) is 53.4 Å². The van der Waals surface area contributed by atoms with E-state index in [0.29, 0.717) is 6.04 Å². The fourth-order valence-electron chi connectivity index (χ4n) is 2.77. The smallest absolute Gasteiger partial charge is 0.0249 e. The van der Waals surface area contributed by atoms with Crippen LogP contribution >= 0.6 is 0 Å². The fraction of sp³-hybridized carbons (Fsp3) is 1.00. The van der Waals surface area contributed by atoms with E-state index in [1.165, 1.54) is 45.3 Å². The highest BCUT2D eigenvalue weighted by Crippen LogP contribution is 2.20. The predicted molar refractivity (Wildman–Crippen MR) is 71.8 cm³/mol. The molecule has 2 unspecified atom stereocenters. The Bertz CT molecular complexity index is 180. The number of rotatable bonds is 6. The molecular weight excluding hydrogens is 196 g/mol. The molecule has 0 aromatic carbocycles. The van der Waals surface area contributed by atoms with Gasteiger partial charge in [-0.3, -0.25) is 4.90 Å². The largest absolute Gasteiger partial charge is 0.315 e. The molecule has 1 aliphatic heterocycles. The summed E-state index contributed by atoms with van der Waals surface area (Å²) in [5.41, 5.74) is 0. The molecule has 0 saturated carbocycles. The van der Waals surface area contributed by atoms with Gasteiger partial charge in [0.05, 0.1) is 0 Å². The maximum atomic E-state index is 3.55. The van der Waals surface area contributed by atoms with Gasteiger partial charge in [-0.2, -0.15) is 0 Å². The van der Waals surface area contributed by atoms with Crippen LogP contribution in [0.4, 0.5) is 0 Å². The van der Waals surface area contributed by atoms with Crippen LogP contribution in [0.5, 0.6) is 0 Å². The van der Waals surface area contributed by atoms with Gasteiger partial charge in [0.1, 0.15) is 0 Å². The number of nitrogens with zero attached hydrogens (tertiary/aromatic N) is 1. The maximum absolute atomic E-state index is 3.55. The molecule has 1 N–H and O–H groups in total. The molecular formula is C14H30N2. The van der Waals surface area contributed by atoms with Crippen molar-refractivity contribution in [1.82, 2.24) is 10.2 Å². The summed E-state index contributed by atoms with van der Waals surface area (Å²) in [7, 11) is 0. The van der Waals surface area contributed by atoms with Crippen molar-refractivity contribution < 1.29 is 0 Å². The van der Waals surface area contributed by atoms with Gasteiger partial charge in [-0.05, 0) is 45.7 Å². The van der Waals surface area contributed by atoms with Crippen molar-refractivity contribution >= 4 is 0 Å². The molecule has 2 atom stereocenters. The van der Waals surface area contributed by atoms with Gasteiger partial charge in [0.2, 0.25) is 0 Å². The van der Waals surface area contributed by atoms with E-state index in [1.807, 2.05) is 0 Å². The van der Waals surface area contributed by atoms with Crippen LogP contribution in [-0.4, -0.2) is 36.6 Å². The zero-order valence-corrected chi connectivity index (χ0v) is 11.6.